The van der Waals surface area contributed by atoms with Crippen molar-refractivity contribution < 1.29 is 9.90 Å². The molecule has 6 heteroatoms. The minimum atomic E-state index is -0.958. The summed E-state index contributed by atoms with van der Waals surface area (Å²) >= 11 is 0. The first-order valence-electron chi connectivity index (χ1n) is 6.37. The summed E-state index contributed by atoms with van der Waals surface area (Å²) in [5.74, 6) is 0.672. The SMILES string of the molecule is O=C(O)c1nn(-c2cnccn2)c2c1CC1CCC21. The van der Waals surface area contributed by atoms with Gasteiger partial charge in [-0.1, -0.05) is 0 Å². The van der Waals surface area contributed by atoms with Crippen molar-refractivity contribution in [2.24, 2.45) is 5.92 Å². The lowest BCUT2D eigenvalue weighted by atomic mass is 9.75. The summed E-state index contributed by atoms with van der Waals surface area (Å²) < 4.78 is 1.68. The molecule has 2 aliphatic rings. The van der Waals surface area contributed by atoms with E-state index in [9.17, 15) is 9.90 Å². The molecular weight excluding hydrogens is 244 g/mol. The summed E-state index contributed by atoms with van der Waals surface area (Å²) in [4.78, 5) is 19.6. The van der Waals surface area contributed by atoms with Crippen LogP contribution >= 0.6 is 0 Å². The normalized spacial score (nSPS) is 23.6. The molecule has 0 radical (unpaired) electrons. The number of carboxylic acids is 1. The van der Waals surface area contributed by atoms with E-state index in [-0.39, 0.29) is 5.69 Å². The molecule has 96 valence electrons. The van der Waals surface area contributed by atoms with E-state index in [1.165, 1.54) is 6.42 Å². The summed E-state index contributed by atoms with van der Waals surface area (Å²) in [6.45, 7) is 0. The Morgan fingerprint density at radius 1 is 1.37 bits per heavy atom. The van der Waals surface area contributed by atoms with Crippen molar-refractivity contribution >= 4 is 5.97 Å². The van der Waals surface area contributed by atoms with E-state index < -0.39 is 5.97 Å². The number of fused-ring (bicyclic) bond motifs is 3. The fourth-order valence-electron chi connectivity index (χ4n) is 3.23. The summed E-state index contributed by atoms with van der Waals surface area (Å²) in [6.07, 6.45) is 7.93. The van der Waals surface area contributed by atoms with E-state index in [0.29, 0.717) is 17.7 Å². The zero-order valence-corrected chi connectivity index (χ0v) is 10.2. The highest BCUT2D eigenvalue weighted by Gasteiger charge is 2.45. The van der Waals surface area contributed by atoms with Crippen LogP contribution in [0.25, 0.3) is 5.82 Å². The predicted molar refractivity (Wildman–Crippen MR) is 65.3 cm³/mol. The third-order valence-electron chi connectivity index (χ3n) is 4.23. The van der Waals surface area contributed by atoms with Gasteiger partial charge in [-0.15, -0.1) is 0 Å². The molecule has 1 N–H and O–H groups in total. The standard InChI is InChI=1S/C13H12N4O2/c18-13(19)11-9-5-7-1-2-8(7)12(9)17(16-11)10-6-14-3-4-15-10/h3-4,6-8H,1-2,5H2,(H,18,19). The fourth-order valence-corrected chi connectivity index (χ4v) is 3.23. The maximum Gasteiger partial charge on any atom is 0.356 e. The second-order valence-corrected chi connectivity index (χ2v) is 5.14. The molecule has 1 fully saturated rings. The van der Waals surface area contributed by atoms with Gasteiger partial charge in [0.15, 0.2) is 11.5 Å². The summed E-state index contributed by atoms with van der Waals surface area (Å²) in [6, 6.07) is 0. The molecule has 4 rings (SSSR count). The van der Waals surface area contributed by atoms with Crippen LogP contribution in [0, 0.1) is 5.92 Å². The molecule has 2 atom stereocenters. The highest BCUT2D eigenvalue weighted by molar-refractivity contribution is 5.88. The number of carboxylic acid groups (broad SMARTS) is 1. The molecule has 19 heavy (non-hydrogen) atoms. The van der Waals surface area contributed by atoms with E-state index in [1.807, 2.05) is 0 Å². The minimum Gasteiger partial charge on any atom is -0.476 e. The monoisotopic (exact) mass is 256 g/mol. The predicted octanol–water partition coefficient (Wildman–Crippen LogP) is 1.41. The molecule has 2 aromatic rings. The van der Waals surface area contributed by atoms with Gasteiger partial charge in [0.05, 0.1) is 11.9 Å². The molecule has 2 unspecified atom stereocenters. The number of aromatic carboxylic acids is 1. The van der Waals surface area contributed by atoms with Crippen LogP contribution in [0.1, 0.15) is 40.5 Å². The zero-order valence-electron chi connectivity index (χ0n) is 10.2. The molecule has 0 bridgehead atoms. The molecule has 2 heterocycles. The van der Waals surface area contributed by atoms with Crippen LogP contribution in [0.15, 0.2) is 18.6 Å². The quantitative estimate of drug-likeness (QED) is 0.878. The minimum absolute atomic E-state index is 0.176. The van der Waals surface area contributed by atoms with E-state index >= 15 is 0 Å². The van der Waals surface area contributed by atoms with Crippen molar-refractivity contribution in [3.8, 4) is 5.82 Å². The summed E-state index contributed by atoms with van der Waals surface area (Å²) in [5, 5.41) is 13.5. The first-order valence-corrected chi connectivity index (χ1v) is 6.37. The second kappa shape index (κ2) is 3.63. The van der Waals surface area contributed by atoms with Crippen LogP contribution in [0.5, 0.6) is 0 Å². The molecule has 0 aliphatic heterocycles. The molecule has 6 nitrogen and oxygen atoms in total. The largest absolute Gasteiger partial charge is 0.476 e. The Balaban J connectivity index is 1.93. The van der Waals surface area contributed by atoms with Gasteiger partial charge in [0.25, 0.3) is 0 Å². The summed E-state index contributed by atoms with van der Waals surface area (Å²) in [7, 11) is 0. The molecule has 0 amide bonds. The summed E-state index contributed by atoms with van der Waals surface area (Å²) in [5.41, 5.74) is 2.11. The Hall–Kier alpha value is -2.24. The van der Waals surface area contributed by atoms with Crippen molar-refractivity contribution in [3.63, 3.8) is 0 Å². The smallest absolute Gasteiger partial charge is 0.356 e. The maximum absolute atomic E-state index is 11.3. The topological polar surface area (TPSA) is 80.9 Å². The highest BCUT2D eigenvalue weighted by atomic mass is 16.4. The van der Waals surface area contributed by atoms with Gasteiger partial charge in [-0.3, -0.25) is 4.98 Å². The van der Waals surface area contributed by atoms with Crippen LogP contribution in [0.3, 0.4) is 0 Å². The Morgan fingerprint density at radius 2 is 2.26 bits per heavy atom. The third-order valence-corrected chi connectivity index (χ3v) is 4.23. The van der Waals surface area contributed by atoms with Gasteiger partial charge < -0.3 is 5.11 Å². The molecular formula is C13H12N4O2. The molecule has 0 saturated heterocycles. The molecule has 2 aromatic heterocycles. The number of carbonyl (C=O) groups is 1. The van der Waals surface area contributed by atoms with Gasteiger partial charge in [-0.05, 0) is 25.2 Å². The Morgan fingerprint density at radius 3 is 2.89 bits per heavy atom. The average molecular weight is 256 g/mol. The first-order chi connectivity index (χ1) is 9.25. The van der Waals surface area contributed by atoms with Gasteiger partial charge >= 0.3 is 5.97 Å². The number of nitrogens with zero attached hydrogens (tertiary/aromatic N) is 4. The van der Waals surface area contributed by atoms with Crippen molar-refractivity contribution in [2.45, 2.75) is 25.2 Å². The Bertz CT molecular complexity index is 665. The molecule has 2 aliphatic carbocycles. The number of hydrogen-bond acceptors (Lipinski definition) is 4. The van der Waals surface area contributed by atoms with E-state index in [0.717, 1.165) is 24.1 Å². The van der Waals surface area contributed by atoms with E-state index in [2.05, 4.69) is 15.1 Å². The van der Waals surface area contributed by atoms with Crippen molar-refractivity contribution in [3.05, 3.63) is 35.5 Å². The fraction of sp³-hybridized carbons (Fsp3) is 0.385. The number of hydrogen-bond donors (Lipinski definition) is 1. The van der Waals surface area contributed by atoms with E-state index in [4.69, 9.17) is 0 Å². The van der Waals surface area contributed by atoms with Gasteiger partial charge in [-0.25, -0.2) is 14.5 Å². The maximum atomic E-state index is 11.3. The molecule has 1 saturated carbocycles. The van der Waals surface area contributed by atoms with Crippen molar-refractivity contribution in [1.82, 2.24) is 19.7 Å². The van der Waals surface area contributed by atoms with Crippen LogP contribution in [0.4, 0.5) is 0 Å². The van der Waals surface area contributed by atoms with Crippen molar-refractivity contribution in [2.75, 3.05) is 0 Å². The average Bonchev–Trinajstić information content (AvgIpc) is 2.86. The number of aromatic nitrogens is 4. The lowest BCUT2D eigenvalue weighted by Crippen LogP contribution is -2.22. The zero-order chi connectivity index (χ0) is 13.0. The Kier molecular flexibility index (Phi) is 2.04. The van der Waals surface area contributed by atoms with Crippen LogP contribution < -0.4 is 0 Å². The first kappa shape index (κ1) is 10.7. The van der Waals surface area contributed by atoms with E-state index in [1.54, 1.807) is 23.3 Å². The molecule has 0 aromatic carbocycles. The second-order valence-electron chi connectivity index (χ2n) is 5.14. The lowest BCUT2D eigenvalue weighted by molar-refractivity contribution is 0.0688. The Labute approximate surface area is 109 Å². The van der Waals surface area contributed by atoms with Crippen LogP contribution in [-0.2, 0) is 6.42 Å². The lowest BCUT2D eigenvalue weighted by Gasteiger charge is -2.31. The van der Waals surface area contributed by atoms with Crippen LogP contribution in [-0.4, -0.2) is 30.8 Å². The third kappa shape index (κ3) is 1.36. The van der Waals surface area contributed by atoms with Crippen molar-refractivity contribution in [1.29, 1.82) is 0 Å². The molecule has 0 spiro atoms. The van der Waals surface area contributed by atoms with Crippen LogP contribution in [0.2, 0.25) is 0 Å². The van der Waals surface area contributed by atoms with Gasteiger partial charge in [0.2, 0.25) is 0 Å². The van der Waals surface area contributed by atoms with Gasteiger partial charge in [-0.2, -0.15) is 5.10 Å². The highest BCUT2D eigenvalue weighted by Crippen LogP contribution is 2.52. The van der Waals surface area contributed by atoms with Gasteiger partial charge in [0.1, 0.15) is 0 Å². The number of rotatable bonds is 2. The van der Waals surface area contributed by atoms with Gasteiger partial charge in [0, 0.05) is 23.9 Å².